The minimum atomic E-state index is -0.175. The average Bonchev–Trinajstić information content (AvgIpc) is 2.76. The maximum Gasteiger partial charge on any atom is 0.131 e. The SMILES string of the molecule is NC(C1=CCCCCC1)c1ccc(F)c2ccccc12. The monoisotopic (exact) mass is 269 g/mol. The topological polar surface area (TPSA) is 26.0 Å². The Hall–Kier alpha value is -1.67. The van der Waals surface area contributed by atoms with Crippen molar-refractivity contribution in [2.45, 2.75) is 38.1 Å². The molecule has 0 spiro atoms. The van der Waals surface area contributed by atoms with Gasteiger partial charge in [-0.1, -0.05) is 48.4 Å². The van der Waals surface area contributed by atoms with Crippen molar-refractivity contribution in [3.63, 3.8) is 0 Å². The lowest BCUT2D eigenvalue weighted by molar-refractivity contribution is 0.638. The fourth-order valence-electron chi connectivity index (χ4n) is 3.08. The summed E-state index contributed by atoms with van der Waals surface area (Å²) in [5.74, 6) is -0.175. The van der Waals surface area contributed by atoms with Gasteiger partial charge in [0, 0.05) is 5.39 Å². The quantitative estimate of drug-likeness (QED) is 0.773. The van der Waals surface area contributed by atoms with Gasteiger partial charge in [-0.2, -0.15) is 0 Å². The van der Waals surface area contributed by atoms with Crippen LogP contribution in [-0.4, -0.2) is 0 Å². The number of nitrogens with two attached hydrogens (primary N) is 1. The van der Waals surface area contributed by atoms with Crippen molar-refractivity contribution in [2.75, 3.05) is 0 Å². The summed E-state index contributed by atoms with van der Waals surface area (Å²) >= 11 is 0. The van der Waals surface area contributed by atoms with E-state index in [1.807, 2.05) is 30.3 Å². The zero-order valence-electron chi connectivity index (χ0n) is 11.6. The molecular weight excluding hydrogens is 249 g/mol. The molecule has 1 atom stereocenters. The van der Waals surface area contributed by atoms with E-state index in [1.54, 1.807) is 0 Å². The predicted octanol–water partition coefficient (Wildman–Crippen LogP) is 4.87. The highest BCUT2D eigenvalue weighted by atomic mass is 19.1. The Balaban J connectivity index is 2.05. The van der Waals surface area contributed by atoms with Crippen molar-refractivity contribution >= 4 is 10.8 Å². The standard InChI is InChI=1S/C18H20FN/c19-17-12-11-16(14-9-5-6-10-15(14)17)18(20)13-7-3-1-2-4-8-13/h5-7,9-12,18H,1-4,8,20H2. The van der Waals surface area contributed by atoms with Gasteiger partial charge in [0.2, 0.25) is 0 Å². The summed E-state index contributed by atoms with van der Waals surface area (Å²) in [5.41, 5.74) is 8.81. The Bertz CT molecular complexity index is 645. The molecule has 0 amide bonds. The molecule has 2 aromatic rings. The first-order chi connectivity index (χ1) is 9.77. The number of hydrogen-bond acceptors (Lipinski definition) is 1. The fraction of sp³-hybridized carbons (Fsp3) is 0.333. The fourth-order valence-corrected chi connectivity index (χ4v) is 3.08. The Morgan fingerprint density at radius 1 is 0.950 bits per heavy atom. The van der Waals surface area contributed by atoms with Crippen molar-refractivity contribution in [3.05, 3.63) is 59.4 Å². The number of fused-ring (bicyclic) bond motifs is 1. The first-order valence-corrected chi connectivity index (χ1v) is 7.39. The Labute approximate surface area is 119 Å². The van der Waals surface area contributed by atoms with Crippen molar-refractivity contribution < 1.29 is 4.39 Å². The molecule has 1 unspecified atom stereocenters. The van der Waals surface area contributed by atoms with Crippen LogP contribution in [0, 0.1) is 5.82 Å². The summed E-state index contributed by atoms with van der Waals surface area (Å²) in [7, 11) is 0. The van der Waals surface area contributed by atoms with Crippen LogP contribution in [0.25, 0.3) is 10.8 Å². The molecule has 0 fully saturated rings. The molecule has 20 heavy (non-hydrogen) atoms. The van der Waals surface area contributed by atoms with Gasteiger partial charge in [-0.15, -0.1) is 0 Å². The van der Waals surface area contributed by atoms with E-state index >= 15 is 0 Å². The zero-order valence-corrected chi connectivity index (χ0v) is 11.6. The third-order valence-corrected chi connectivity index (χ3v) is 4.22. The normalized spacial score (nSPS) is 17.6. The van der Waals surface area contributed by atoms with Crippen LogP contribution in [0.15, 0.2) is 48.0 Å². The number of rotatable bonds is 2. The average molecular weight is 269 g/mol. The van der Waals surface area contributed by atoms with Crippen LogP contribution in [-0.2, 0) is 0 Å². The van der Waals surface area contributed by atoms with Gasteiger partial charge in [0.25, 0.3) is 0 Å². The lowest BCUT2D eigenvalue weighted by Crippen LogP contribution is -2.14. The van der Waals surface area contributed by atoms with Crippen LogP contribution in [0.2, 0.25) is 0 Å². The second-order valence-electron chi connectivity index (χ2n) is 5.54. The Morgan fingerprint density at radius 2 is 1.75 bits per heavy atom. The lowest BCUT2D eigenvalue weighted by atomic mass is 9.92. The molecule has 0 saturated heterocycles. The molecule has 2 N–H and O–H groups in total. The minimum Gasteiger partial charge on any atom is -0.321 e. The van der Waals surface area contributed by atoms with Crippen molar-refractivity contribution in [1.82, 2.24) is 0 Å². The minimum absolute atomic E-state index is 0.112. The smallest absolute Gasteiger partial charge is 0.131 e. The van der Waals surface area contributed by atoms with Crippen molar-refractivity contribution in [1.29, 1.82) is 0 Å². The van der Waals surface area contributed by atoms with Gasteiger partial charge >= 0.3 is 0 Å². The molecule has 1 nitrogen and oxygen atoms in total. The van der Waals surface area contributed by atoms with Gasteiger partial charge < -0.3 is 5.73 Å². The van der Waals surface area contributed by atoms with Gasteiger partial charge in [0.15, 0.2) is 0 Å². The van der Waals surface area contributed by atoms with Gasteiger partial charge in [0.1, 0.15) is 5.82 Å². The van der Waals surface area contributed by atoms with Crippen LogP contribution in [0.3, 0.4) is 0 Å². The summed E-state index contributed by atoms with van der Waals surface area (Å²) in [6.45, 7) is 0. The molecule has 0 radical (unpaired) electrons. The van der Waals surface area contributed by atoms with Gasteiger partial charge in [-0.05, 0) is 42.7 Å². The van der Waals surface area contributed by atoms with E-state index in [1.165, 1.54) is 30.9 Å². The number of benzene rings is 2. The summed E-state index contributed by atoms with van der Waals surface area (Å²) in [4.78, 5) is 0. The van der Waals surface area contributed by atoms with Gasteiger partial charge in [0.05, 0.1) is 6.04 Å². The molecule has 0 aromatic heterocycles. The van der Waals surface area contributed by atoms with Gasteiger partial charge in [-0.3, -0.25) is 0 Å². The molecule has 1 aliphatic carbocycles. The zero-order chi connectivity index (χ0) is 13.9. The molecule has 3 rings (SSSR count). The Morgan fingerprint density at radius 3 is 2.60 bits per heavy atom. The maximum absolute atomic E-state index is 13.9. The van der Waals surface area contributed by atoms with Crippen LogP contribution in [0.5, 0.6) is 0 Å². The van der Waals surface area contributed by atoms with Crippen LogP contribution in [0.4, 0.5) is 4.39 Å². The molecule has 0 aliphatic heterocycles. The second-order valence-corrected chi connectivity index (χ2v) is 5.54. The third kappa shape index (κ3) is 2.48. The molecule has 0 heterocycles. The van der Waals surface area contributed by atoms with E-state index in [0.717, 1.165) is 23.8 Å². The molecule has 0 saturated carbocycles. The molecule has 2 aromatic carbocycles. The predicted molar refractivity (Wildman–Crippen MR) is 82.0 cm³/mol. The summed E-state index contributed by atoms with van der Waals surface area (Å²) < 4.78 is 13.9. The van der Waals surface area contributed by atoms with E-state index in [-0.39, 0.29) is 11.9 Å². The van der Waals surface area contributed by atoms with Crippen molar-refractivity contribution in [2.24, 2.45) is 5.73 Å². The van der Waals surface area contributed by atoms with Crippen LogP contribution in [0.1, 0.15) is 43.7 Å². The van der Waals surface area contributed by atoms with E-state index in [4.69, 9.17) is 5.73 Å². The maximum atomic E-state index is 13.9. The third-order valence-electron chi connectivity index (χ3n) is 4.22. The first-order valence-electron chi connectivity index (χ1n) is 7.39. The number of allylic oxidation sites excluding steroid dienone is 1. The van der Waals surface area contributed by atoms with E-state index in [2.05, 4.69) is 6.08 Å². The van der Waals surface area contributed by atoms with Crippen LogP contribution < -0.4 is 5.73 Å². The molecule has 1 aliphatic rings. The van der Waals surface area contributed by atoms with E-state index < -0.39 is 0 Å². The van der Waals surface area contributed by atoms with Gasteiger partial charge in [-0.25, -0.2) is 4.39 Å². The van der Waals surface area contributed by atoms with Crippen LogP contribution >= 0.6 is 0 Å². The first kappa shape index (κ1) is 13.3. The van der Waals surface area contributed by atoms with E-state index in [0.29, 0.717) is 5.39 Å². The summed E-state index contributed by atoms with van der Waals surface area (Å²) in [6.07, 6.45) is 8.20. The summed E-state index contributed by atoms with van der Waals surface area (Å²) in [6, 6.07) is 10.9. The lowest BCUT2D eigenvalue weighted by Gasteiger charge is -2.18. The summed E-state index contributed by atoms with van der Waals surface area (Å²) in [5, 5.41) is 1.60. The second kappa shape index (κ2) is 5.76. The molecule has 0 bridgehead atoms. The highest BCUT2D eigenvalue weighted by molar-refractivity contribution is 5.87. The number of hydrogen-bond donors (Lipinski definition) is 1. The largest absolute Gasteiger partial charge is 0.321 e. The Kier molecular flexibility index (Phi) is 3.83. The molecule has 2 heteroatoms. The molecule has 104 valence electrons. The highest BCUT2D eigenvalue weighted by Gasteiger charge is 2.16. The molecular formula is C18H20FN. The van der Waals surface area contributed by atoms with Crippen molar-refractivity contribution in [3.8, 4) is 0 Å². The highest BCUT2D eigenvalue weighted by Crippen LogP contribution is 2.32. The number of halogens is 1. The van der Waals surface area contributed by atoms with E-state index in [9.17, 15) is 4.39 Å².